The van der Waals surface area contributed by atoms with Crippen molar-refractivity contribution in [1.29, 1.82) is 0 Å². The largest absolute Gasteiger partial charge is 0.337 e. The van der Waals surface area contributed by atoms with Gasteiger partial charge in [-0.15, -0.1) is 0 Å². The van der Waals surface area contributed by atoms with E-state index in [2.05, 4.69) is 4.98 Å². The van der Waals surface area contributed by atoms with Gasteiger partial charge in [-0.2, -0.15) is 0 Å². The van der Waals surface area contributed by atoms with Gasteiger partial charge >= 0.3 is 0 Å². The molecular weight excluding hydrogens is 290 g/mol. The number of nitrogens with zero attached hydrogens (tertiary/aromatic N) is 1. The Balaban J connectivity index is 2.06. The predicted octanol–water partition coefficient (Wildman–Crippen LogP) is 4.54. The van der Waals surface area contributed by atoms with E-state index in [-0.39, 0.29) is 12.1 Å². The summed E-state index contributed by atoms with van der Waals surface area (Å²) in [5.74, 6) is -0.909. The van der Waals surface area contributed by atoms with E-state index in [9.17, 15) is 8.78 Å². The second-order valence-corrected chi connectivity index (χ2v) is 5.05. The van der Waals surface area contributed by atoms with Crippen LogP contribution in [0.1, 0.15) is 5.56 Å². The zero-order valence-electron chi connectivity index (χ0n) is 11.0. The summed E-state index contributed by atoms with van der Waals surface area (Å²) >= 11 is 5.24. The van der Waals surface area contributed by atoms with E-state index in [0.29, 0.717) is 4.77 Å². The highest BCUT2D eigenvalue weighted by Crippen LogP contribution is 2.21. The molecule has 1 N–H and O–H groups in total. The molecule has 3 aromatic rings. The van der Waals surface area contributed by atoms with Crippen molar-refractivity contribution in [2.24, 2.45) is 0 Å². The molecule has 0 atom stereocenters. The average molecular weight is 302 g/mol. The van der Waals surface area contributed by atoms with Crippen LogP contribution in [0.25, 0.3) is 11.3 Å². The van der Waals surface area contributed by atoms with Gasteiger partial charge in [0.2, 0.25) is 0 Å². The molecule has 0 saturated carbocycles. The van der Waals surface area contributed by atoms with Crippen molar-refractivity contribution in [3.8, 4) is 11.3 Å². The topological polar surface area (TPSA) is 20.7 Å². The SMILES string of the molecule is Fc1ccc(F)c(Cn2c(-c3ccccc3)c[nH]c2=S)c1. The number of benzene rings is 2. The molecular formula is C16H12F2N2S. The van der Waals surface area contributed by atoms with Gasteiger partial charge in [-0.1, -0.05) is 30.3 Å². The number of halogens is 2. The summed E-state index contributed by atoms with van der Waals surface area (Å²) in [5, 5.41) is 0. The first-order valence-electron chi connectivity index (χ1n) is 6.43. The van der Waals surface area contributed by atoms with Gasteiger partial charge in [0.15, 0.2) is 4.77 Å². The molecule has 0 fully saturated rings. The van der Waals surface area contributed by atoms with Crippen LogP contribution in [0, 0.1) is 16.4 Å². The van der Waals surface area contributed by atoms with E-state index in [0.717, 1.165) is 23.4 Å². The molecule has 0 radical (unpaired) electrons. The fraction of sp³-hybridized carbons (Fsp3) is 0.0625. The van der Waals surface area contributed by atoms with E-state index in [1.54, 1.807) is 10.8 Å². The summed E-state index contributed by atoms with van der Waals surface area (Å²) in [5.41, 5.74) is 2.06. The van der Waals surface area contributed by atoms with E-state index >= 15 is 0 Å². The van der Waals surface area contributed by atoms with E-state index in [1.807, 2.05) is 30.3 Å². The highest BCUT2D eigenvalue weighted by molar-refractivity contribution is 7.71. The fourth-order valence-electron chi connectivity index (χ4n) is 2.24. The Bertz CT molecular complexity index is 822. The van der Waals surface area contributed by atoms with Crippen LogP contribution in [0.2, 0.25) is 0 Å². The molecule has 1 aromatic heterocycles. The van der Waals surface area contributed by atoms with Crippen LogP contribution < -0.4 is 0 Å². The number of H-pyrrole nitrogens is 1. The number of imidazole rings is 1. The lowest BCUT2D eigenvalue weighted by molar-refractivity contribution is 0.577. The third kappa shape index (κ3) is 2.78. The number of aromatic amines is 1. The number of rotatable bonds is 3. The van der Waals surface area contributed by atoms with Gasteiger partial charge in [0.25, 0.3) is 0 Å². The Hall–Kier alpha value is -2.27. The number of nitrogens with one attached hydrogen (secondary N) is 1. The van der Waals surface area contributed by atoms with Crippen molar-refractivity contribution in [1.82, 2.24) is 9.55 Å². The zero-order chi connectivity index (χ0) is 14.8. The molecule has 0 unspecified atom stereocenters. The van der Waals surface area contributed by atoms with Gasteiger partial charge < -0.3 is 9.55 Å². The van der Waals surface area contributed by atoms with Gasteiger partial charge in [0, 0.05) is 11.8 Å². The van der Waals surface area contributed by atoms with Crippen LogP contribution in [0.4, 0.5) is 8.78 Å². The molecule has 106 valence electrons. The van der Waals surface area contributed by atoms with E-state index in [4.69, 9.17) is 12.2 Å². The maximum atomic E-state index is 13.8. The van der Waals surface area contributed by atoms with Crippen LogP contribution in [-0.2, 0) is 6.54 Å². The molecule has 0 aliphatic heterocycles. The minimum absolute atomic E-state index is 0.177. The lowest BCUT2D eigenvalue weighted by Crippen LogP contribution is -2.04. The highest BCUT2D eigenvalue weighted by Gasteiger charge is 2.10. The van der Waals surface area contributed by atoms with E-state index < -0.39 is 11.6 Å². The monoisotopic (exact) mass is 302 g/mol. The average Bonchev–Trinajstić information content (AvgIpc) is 2.85. The summed E-state index contributed by atoms with van der Waals surface area (Å²) < 4.78 is 29.3. The zero-order valence-corrected chi connectivity index (χ0v) is 11.8. The molecule has 3 rings (SSSR count). The lowest BCUT2D eigenvalue weighted by atomic mass is 10.1. The van der Waals surface area contributed by atoms with Crippen molar-refractivity contribution in [2.75, 3.05) is 0 Å². The summed E-state index contributed by atoms with van der Waals surface area (Å²) in [6.07, 6.45) is 1.77. The molecule has 2 nitrogen and oxygen atoms in total. The Morgan fingerprint density at radius 2 is 1.81 bits per heavy atom. The maximum Gasteiger partial charge on any atom is 0.177 e. The molecule has 1 heterocycles. The molecule has 0 bridgehead atoms. The molecule has 21 heavy (non-hydrogen) atoms. The second-order valence-electron chi connectivity index (χ2n) is 4.67. The molecule has 0 saturated heterocycles. The van der Waals surface area contributed by atoms with Crippen molar-refractivity contribution >= 4 is 12.2 Å². The first kappa shape index (κ1) is 13.7. The second kappa shape index (κ2) is 5.61. The molecule has 0 amide bonds. The van der Waals surface area contributed by atoms with Crippen LogP contribution in [-0.4, -0.2) is 9.55 Å². The van der Waals surface area contributed by atoms with Crippen molar-refractivity contribution in [3.63, 3.8) is 0 Å². The van der Waals surface area contributed by atoms with E-state index in [1.165, 1.54) is 6.07 Å². The Morgan fingerprint density at radius 3 is 2.57 bits per heavy atom. The Labute approximate surface area is 125 Å². The minimum atomic E-state index is -0.463. The predicted molar refractivity (Wildman–Crippen MR) is 80.5 cm³/mol. The maximum absolute atomic E-state index is 13.8. The van der Waals surface area contributed by atoms with Crippen molar-refractivity contribution < 1.29 is 8.78 Å². The molecule has 0 aliphatic rings. The van der Waals surface area contributed by atoms with Gasteiger partial charge in [-0.05, 0) is 36.0 Å². The van der Waals surface area contributed by atoms with Gasteiger partial charge in [0.1, 0.15) is 11.6 Å². The highest BCUT2D eigenvalue weighted by atomic mass is 32.1. The van der Waals surface area contributed by atoms with Crippen LogP contribution in [0.3, 0.4) is 0 Å². The number of hydrogen-bond donors (Lipinski definition) is 1. The quantitative estimate of drug-likeness (QED) is 0.704. The van der Waals surface area contributed by atoms with Crippen molar-refractivity contribution in [3.05, 3.63) is 76.7 Å². The molecule has 5 heteroatoms. The summed E-state index contributed by atoms with van der Waals surface area (Å²) in [6.45, 7) is 0.177. The number of hydrogen-bond acceptors (Lipinski definition) is 1. The van der Waals surface area contributed by atoms with Crippen LogP contribution >= 0.6 is 12.2 Å². The molecule has 2 aromatic carbocycles. The third-order valence-electron chi connectivity index (χ3n) is 3.27. The van der Waals surface area contributed by atoms with Crippen molar-refractivity contribution in [2.45, 2.75) is 6.54 Å². The van der Waals surface area contributed by atoms with Gasteiger partial charge in [-0.25, -0.2) is 8.78 Å². The minimum Gasteiger partial charge on any atom is -0.337 e. The van der Waals surface area contributed by atoms with Gasteiger partial charge in [0.05, 0.1) is 12.2 Å². The van der Waals surface area contributed by atoms with Crippen LogP contribution in [0.15, 0.2) is 54.7 Å². The lowest BCUT2D eigenvalue weighted by Gasteiger charge is -2.09. The number of aromatic nitrogens is 2. The summed E-state index contributed by atoms with van der Waals surface area (Å²) in [6, 6.07) is 13.1. The van der Waals surface area contributed by atoms with Crippen LogP contribution in [0.5, 0.6) is 0 Å². The Kier molecular flexibility index (Phi) is 3.66. The molecule has 0 aliphatic carbocycles. The standard InChI is InChI=1S/C16H12F2N2S/c17-13-6-7-14(18)12(8-13)10-20-15(9-19-16(20)21)11-4-2-1-3-5-11/h1-9H,10H2,(H,19,21). The third-order valence-corrected chi connectivity index (χ3v) is 3.61. The Morgan fingerprint density at radius 1 is 1.05 bits per heavy atom. The smallest absolute Gasteiger partial charge is 0.177 e. The fourth-order valence-corrected chi connectivity index (χ4v) is 2.46. The molecule has 0 spiro atoms. The first-order chi connectivity index (χ1) is 10.1. The van der Waals surface area contributed by atoms with Gasteiger partial charge in [-0.3, -0.25) is 0 Å². The first-order valence-corrected chi connectivity index (χ1v) is 6.83. The summed E-state index contributed by atoms with van der Waals surface area (Å²) in [7, 11) is 0. The normalized spacial score (nSPS) is 10.8. The summed E-state index contributed by atoms with van der Waals surface area (Å²) in [4.78, 5) is 2.95.